The first-order valence-electron chi connectivity index (χ1n) is 11.8. The van der Waals surface area contributed by atoms with Gasteiger partial charge in [-0.15, -0.1) is 0 Å². The van der Waals surface area contributed by atoms with Gasteiger partial charge in [-0.3, -0.25) is 4.79 Å². The van der Waals surface area contributed by atoms with E-state index in [4.69, 9.17) is 16.5 Å². The van der Waals surface area contributed by atoms with Crippen molar-refractivity contribution in [3.63, 3.8) is 0 Å². The number of fused-ring (bicyclic) bond motifs is 1. The fourth-order valence-electron chi connectivity index (χ4n) is 4.46. The van der Waals surface area contributed by atoms with Crippen LogP contribution in [0.2, 0.25) is 0 Å². The SMILES string of the molecule is Cc1ccc2nc(C(=O)N(C)CCc3ccccc3)nc(NC3CCCCC3N=C(N)N)c2c1. The van der Waals surface area contributed by atoms with E-state index in [1.54, 1.807) is 11.9 Å². The summed E-state index contributed by atoms with van der Waals surface area (Å²) >= 11 is 0. The summed E-state index contributed by atoms with van der Waals surface area (Å²) in [6.45, 7) is 2.61. The van der Waals surface area contributed by atoms with Crippen LogP contribution < -0.4 is 16.8 Å². The van der Waals surface area contributed by atoms with Crippen LogP contribution in [0.25, 0.3) is 10.9 Å². The van der Waals surface area contributed by atoms with Gasteiger partial charge < -0.3 is 21.7 Å². The number of aryl methyl sites for hydroxylation is 1. The summed E-state index contributed by atoms with van der Waals surface area (Å²) in [6.07, 6.45) is 4.78. The maximum absolute atomic E-state index is 13.2. The van der Waals surface area contributed by atoms with Gasteiger partial charge in [-0.2, -0.15) is 0 Å². The number of nitrogens with zero attached hydrogens (tertiary/aromatic N) is 4. The first-order chi connectivity index (χ1) is 16.4. The summed E-state index contributed by atoms with van der Waals surface area (Å²) in [5.41, 5.74) is 14.4. The Kier molecular flexibility index (Phi) is 7.25. The van der Waals surface area contributed by atoms with Crippen LogP contribution in [0, 0.1) is 6.92 Å². The zero-order chi connectivity index (χ0) is 24.1. The predicted octanol–water partition coefficient (Wildman–Crippen LogP) is 3.25. The van der Waals surface area contributed by atoms with E-state index in [1.807, 2.05) is 43.3 Å². The first kappa shape index (κ1) is 23.5. The van der Waals surface area contributed by atoms with E-state index in [2.05, 4.69) is 27.4 Å². The molecule has 1 heterocycles. The Balaban J connectivity index is 1.61. The summed E-state index contributed by atoms with van der Waals surface area (Å²) in [4.78, 5) is 28.7. The molecule has 0 spiro atoms. The van der Waals surface area contributed by atoms with E-state index < -0.39 is 0 Å². The van der Waals surface area contributed by atoms with Gasteiger partial charge in [-0.25, -0.2) is 15.0 Å². The zero-order valence-corrected chi connectivity index (χ0v) is 19.9. The van der Waals surface area contributed by atoms with Crippen molar-refractivity contribution < 1.29 is 4.79 Å². The summed E-state index contributed by atoms with van der Waals surface area (Å²) in [7, 11) is 1.79. The Labute approximate surface area is 200 Å². The number of hydrogen-bond donors (Lipinski definition) is 3. The minimum Gasteiger partial charge on any atom is -0.370 e. The molecule has 0 saturated heterocycles. The van der Waals surface area contributed by atoms with Gasteiger partial charge in [0.1, 0.15) is 5.82 Å². The van der Waals surface area contributed by atoms with Crippen LogP contribution in [0.4, 0.5) is 5.82 Å². The molecule has 1 fully saturated rings. The van der Waals surface area contributed by atoms with Crippen LogP contribution in [0.5, 0.6) is 0 Å². The van der Waals surface area contributed by atoms with Crippen molar-refractivity contribution in [2.45, 2.75) is 51.1 Å². The molecule has 1 saturated carbocycles. The number of hydrogen-bond acceptors (Lipinski definition) is 5. The molecule has 4 rings (SSSR count). The zero-order valence-electron chi connectivity index (χ0n) is 19.9. The molecule has 2 unspecified atom stereocenters. The second kappa shape index (κ2) is 10.5. The number of guanidine groups is 1. The third-order valence-electron chi connectivity index (χ3n) is 6.33. The van der Waals surface area contributed by atoms with Crippen LogP contribution in [0.3, 0.4) is 0 Å². The molecule has 1 aliphatic carbocycles. The molecule has 8 heteroatoms. The van der Waals surface area contributed by atoms with E-state index in [-0.39, 0.29) is 29.8 Å². The van der Waals surface area contributed by atoms with Gasteiger partial charge in [0, 0.05) is 19.0 Å². The summed E-state index contributed by atoms with van der Waals surface area (Å²) in [5, 5.41) is 4.45. The van der Waals surface area contributed by atoms with E-state index in [0.717, 1.165) is 48.6 Å². The number of aromatic nitrogens is 2. The molecule has 2 atom stereocenters. The number of nitrogens with one attached hydrogen (secondary N) is 1. The number of anilines is 1. The lowest BCUT2D eigenvalue weighted by atomic mass is 9.90. The fraction of sp³-hybridized carbons (Fsp3) is 0.385. The number of nitrogens with two attached hydrogens (primary N) is 2. The Morgan fingerprint density at radius 3 is 2.65 bits per heavy atom. The number of aliphatic imine (C=N–C) groups is 1. The molecule has 1 aromatic heterocycles. The van der Waals surface area contributed by atoms with Crippen LogP contribution in [-0.2, 0) is 6.42 Å². The highest BCUT2D eigenvalue weighted by Gasteiger charge is 2.27. The second-order valence-corrected chi connectivity index (χ2v) is 9.04. The number of rotatable bonds is 7. The minimum atomic E-state index is -0.203. The average molecular weight is 460 g/mol. The lowest BCUT2D eigenvalue weighted by Gasteiger charge is -2.30. The molecule has 2 aromatic carbocycles. The van der Waals surface area contributed by atoms with Gasteiger partial charge in [-0.1, -0.05) is 54.8 Å². The van der Waals surface area contributed by atoms with Crippen molar-refractivity contribution in [3.05, 3.63) is 65.5 Å². The molecule has 3 aromatic rings. The lowest BCUT2D eigenvalue weighted by Crippen LogP contribution is -2.38. The Hall–Kier alpha value is -3.68. The molecule has 34 heavy (non-hydrogen) atoms. The van der Waals surface area contributed by atoms with Crippen LogP contribution in [0.15, 0.2) is 53.5 Å². The minimum absolute atomic E-state index is 0.0266. The van der Waals surface area contributed by atoms with Gasteiger partial charge in [-0.05, 0) is 43.9 Å². The normalized spacial score (nSPS) is 17.8. The van der Waals surface area contributed by atoms with Crippen molar-refractivity contribution in [3.8, 4) is 0 Å². The number of benzene rings is 2. The van der Waals surface area contributed by atoms with Crippen molar-refractivity contribution in [2.75, 3.05) is 18.9 Å². The lowest BCUT2D eigenvalue weighted by molar-refractivity contribution is 0.0785. The second-order valence-electron chi connectivity index (χ2n) is 9.04. The van der Waals surface area contributed by atoms with Crippen LogP contribution in [0.1, 0.15) is 47.4 Å². The van der Waals surface area contributed by atoms with Gasteiger partial charge in [0.25, 0.3) is 5.91 Å². The van der Waals surface area contributed by atoms with Crippen molar-refractivity contribution in [2.24, 2.45) is 16.5 Å². The smallest absolute Gasteiger partial charge is 0.291 e. The first-order valence-corrected chi connectivity index (χ1v) is 11.8. The Bertz CT molecular complexity index is 1170. The standard InChI is InChI=1S/C26H33N7O/c1-17-12-13-20-19(16-17)23(30-21-10-6-7-11-22(21)31-26(27)28)32-24(29-20)25(34)33(2)15-14-18-8-4-3-5-9-18/h3-5,8-9,12-13,16,21-22H,6-7,10-11,14-15H2,1-2H3,(H4,27,28,31)(H,29,30,32). The molecule has 178 valence electrons. The van der Waals surface area contributed by atoms with Crippen LogP contribution in [-0.4, -0.2) is 52.4 Å². The highest BCUT2D eigenvalue weighted by Crippen LogP contribution is 2.28. The quantitative estimate of drug-likeness (QED) is 0.368. The Morgan fingerprint density at radius 2 is 1.88 bits per heavy atom. The van der Waals surface area contributed by atoms with E-state index >= 15 is 0 Å². The van der Waals surface area contributed by atoms with E-state index in [0.29, 0.717) is 12.4 Å². The fourth-order valence-corrected chi connectivity index (χ4v) is 4.46. The Morgan fingerprint density at radius 1 is 1.12 bits per heavy atom. The van der Waals surface area contributed by atoms with Gasteiger partial charge in [0.15, 0.2) is 5.96 Å². The number of likely N-dealkylation sites (N-methyl/N-ethyl adjacent to an activating group) is 1. The van der Waals surface area contributed by atoms with Gasteiger partial charge in [0.2, 0.25) is 5.82 Å². The third kappa shape index (κ3) is 5.62. The molecule has 0 aliphatic heterocycles. The van der Waals surface area contributed by atoms with Gasteiger partial charge >= 0.3 is 0 Å². The topological polar surface area (TPSA) is 123 Å². The maximum atomic E-state index is 13.2. The summed E-state index contributed by atoms with van der Waals surface area (Å²) in [5.74, 6) is 0.726. The molecule has 8 nitrogen and oxygen atoms in total. The van der Waals surface area contributed by atoms with Gasteiger partial charge in [0.05, 0.1) is 17.6 Å². The van der Waals surface area contributed by atoms with E-state index in [9.17, 15) is 4.79 Å². The molecular formula is C26H33N7O. The van der Waals surface area contributed by atoms with Crippen molar-refractivity contribution >= 4 is 28.6 Å². The highest BCUT2D eigenvalue weighted by molar-refractivity contribution is 5.96. The third-order valence-corrected chi connectivity index (χ3v) is 6.33. The summed E-state index contributed by atoms with van der Waals surface area (Å²) in [6, 6.07) is 16.1. The number of amides is 1. The highest BCUT2D eigenvalue weighted by atomic mass is 16.2. The largest absolute Gasteiger partial charge is 0.370 e. The summed E-state index contributed by atoms with van der Waals surface area (Å²) < 4.78 is 0. The van der Waals surface area contributed by atoms with E-state index in [1.165, 1.54) is 5.56 Å². The number of carbonyl (C=O) groups is 1. The number of carbonyl (C=O) groups excluding carboxylic acids is 1. The molecule has 0 bridgehead atoms. The van der Waals surface area contributed by atoms with Crippen molar-refractivity contribution in [1.82, 2.24) is 14.9 Å². The monoisotopic (exact) mass is 459 g/mol. The molecule has 1 amide bonds. The molecular weight excluding hydrogens is 426 g/mol. The van der Waals surface area contributed by atoms with Crippen LogP contribution >= 0.6 is 0 Å². The molecule has 1 aliphatic rings. The average Bonchev–Trinajstić information content (AvgIpc) is 2.83. The van der Waals surface area contributed by atoms with Crippen molar-refractivity contribution in [1.29, 1.82) is 0 Å². The maximum Gasteiger partial charge on any atom is 0.291 e. The predicted molar refractivity (Wildman–Crippen MR) is 137 cm³/mol. The molecule has 5 N–H and O–H groups in total. The molecule has 0 radical (unpaired) electrons.